The van der Waals surface area contributed by atoms with Crippen molar-refractivity contribution in [1.82, 2.24) is 0 Å². The van der Waals surface area contributed by atoms with Crippen molar-refractivity contribution in [3.8, 4) is 0 Å². The molecule has 0 unspecified atom stereocenters. The summed E-state index contributed by atoms with van der Waals surface area (Å²) in [4.78, 5) is 0. The Labute approximate surface area is 94.0 Å². The Hall–Kier alpha value is -1.04. The largest absolute Gasteiger partial charge is 0.0807 e. The van der Waals surface area contributed by atoms with E-state index in [2.05, 4.69) is 51.1 Å². The fourth-order valence-corrected chi connectivity index (χ4v) is 1.86. The molecule has 0 bridgehead atoms. The standard InChI is InChI=1S/C15H22/c1-4-6-7-11-14(5-2)15-12-9-8-10-13(15)3/h8-12H,4-7H2,1-3H3/b14-11+. The molecule has 0 heteroatoms. The number of hydrogen-bond donors (Lipinski definition) is 0. The highest BCUT2D eigenvalue weighted by atomic mass is 14.1. The summed E-state index contributed by atoms with van der Waals surface area (Å²) in [6.07, 6.45) is 7.34. The van der Waals surface area contributed by atoms with Gasteiger partial charge < -0.3 is 0 Å². The molecular formula is C15H22. The van der Waals surface area contributed by atoms with Gasteiger partial charge in [0.25, 0.3) is 0 Å². The number of allylic oxidation sites excluding steroid dienone is 2. The van der Waals surface area contributed by atoms with Crippen molar-refractivity contribution in [2.75, 3.05) is 0 Å². The van der Waals surface area contributed by atoms with Gasteiger partial charge in [-0.3, -0.25) is 0 Å². The van der Waals surface area contributed by atoms with Gasteiger partial charge in [0.05, 0.1) is 0 Å². The first-order chi connectivity index (χ1) is 7.29. The summed E-state index contributed by atoms with van der Waals surface area (Å²) >= 11 is 0. The summed E-state index contributed by atoms with van der Waals surface area (Å²) in [7, 11) is 0. The minimum atomic E-state index is 1.13. The van der Waals surface area contributed by atoms with Gasteiger partial charge >= 0.3 is 0 Å². The zero-order valence-corrected chi connectivity index (χ0v) is 10.2. The van der Waals surface area contributed by atoms with Crippen LogP contribution in [0.3, 0.4) is 0 Å². The topological polar surface area (TPSA) is 0 Å². The van der Waals surface area contributed by atoms with Crippen LogP contribution < -0.4 is 0 Å². The molecule has 0 aromatic heterocycles. The second-order valence-corrected chi connectivity index (χ2v) is 4.04. The SMILES string of the molecule is CCCC/C=C(\CC)c1ccccc1C. The summed E-state index contributed by atoms with van der Waals surface area (Å²) < 4.78 is 0. The van der Waals surface area contributed by atoms with Crippen molar-refractivity contribution in [3.63, 3.8) is 0 Å². The van der Waals surface area contributed by atoms with Crippen LogP contribution in [0.4, 0.5) is 0 Å². The van der Waals surface area contributed by atoms with Gasteiger partial charge in [-0.25, -0.2) is 0 Å². The van der Waals surface area contributed by atoms with Crippen LogP contribution in [0, 0.1) is 6.92 Å². The summed E-state index contributed by atoms with van der Waals surface area (Å²) in [5.74, 6) is 0. The van der Waals surface area contributed by atoms with E-state index < -0.39 is 0 Å². The molecule has 0 radical (unpaired) electrons. The lowest BCUT2D eigenvalue weighted by molar-refractivity contribution is 0.814. The van der Waals surface area contributed by atoms with Gasteiger partial charge in [-0.15, -0.1) is 0 Å². The first kappa shape index (κ1) is 12.0. The molecule has 0 aliphatic carbocycles. The predicted octanol–water partition coefficient (Wildman–Crippen LogP) is 4.98. The van der Waals surface area contributed by atoms with E-state index in [4.69, 9.17) is 0 Å². The van der Waals surface area contributed by atoms with Crippen LogP contribution in [0.15, 0.2) is 30.3 Å². The van der Waals surface area contributed by atoms with E-state index in [1.165, 1.54) is 36.0 Å². The van der Waals surface area contributed by atoms with Crippen LogP contribution in [0.2, 0.25) is 0 Å². The van der Waals surface area contributed by atoms with Gasteiger partial charge in [0.2, 0.25) is 0 Å². The lowest BCUT2D eigenvalue weighted by Crippen LogP contribution is -1.87. The monoisotopic (exact) mass is 202 g/mol. The van der Waals surface area contributed by atoms with Crippen LogP contribution in [-0.4, -0.2) is 0 Å². The summed E-state index contributed by atoms with van der Waals surface area (Å²) in [6, 6.07) is 8.67. The van der Waals surface area contributed by atoms with Gasteiger partial charge in [0, 0.05) is 0 Å². The molecule has 15 heavy (non-hydrogen) atoms. The highest BCUT2D eigenvalue weighted by Gasteiger charge is 2.01. The number of benzene rings is 1. The Morgan fingerprint density at radius 2 is 1.93 bits per heavy atom. The number of rotatable bonds is 5. The van der Waals surface area contributed by atoms with Gasteiger partial charge in [-0.1, -0.05) is 57.0 Å². The normalized spacial score (nSPS) is 11.8. The molecule has 1 aromatic rings. The molecule has 0 spiro atoms. The second-order valence-electron chi connectivity index (χ2n) is 4.04. The fraction of sp³-hybridized carbons (Fsp3) is 0.467. The number of aryl methyl sites for hydroxylation is 1. The van der Waals surface area contributed by atoms with E-state index in [1.807, 2.05) is 0 Å². The van der Waals surface area contributed by atoms with Gasteiger partial charge in [0.1, 0.15) is 0 Å². The molecule has 0 N–H and O–H groups in total. The molecule has 0 atom stereocenters. The number of unbranched alkanes of at least 4 members (excludes halogenated alkanes) is 2. The average Bonchev–Trinajstić information content (AvgIpc) is 2.26. The summed E-state index contributed by atoms with van der Waals surface area (Å²) in [5, 5.41) is 0. The van der Waals surface area contributed by atoms with Crippen LogP contribution >= 0.6 is 0 Å². The minimum Gasteiger partial charge on any atom is -0.0807 e. The Balaban J connectivity index is 2.83. The third-order valence-corrected chi connectivity index (χ3v) is 2.82. The van der Waals surface area contributed by atoms with Crippen molar-refractivity contribution >= 4 is 5.57 Å². The Morgan fingerprint density at radius 3 is 2.53 bits per heavy atom. The Bertz CT molecular complexity index is 321. The van der Waals surface area contributed by atoms with Crippen molar-refractivity contribution < 1.29 is 0 Å². The second kappa shape index (κ2) is 6.44. The highest BCUT2D eigenvalue weighted by Crippen LogP contribution is 2.22. The Morgan fingerprint density at radius 1 is 1.20 bits per heavy atom. The van der Waals surface area contributed by atoms with Crippen molar-refractivity contribution in [1.29, 1.82) is 0 Å². The van der Waals surface area contributed by atoms with E-state index in [9.17, 15) is 0 Å². The maximum Gasteiger partial charge on any atom is -0.0199 e. The molecule has 0 saturated heterocycles. The molecule has 0 aliphatic heterocycles. The molecule has 0 fully saturated rings. The molecule has 0 aliphatic rings. The van der Waals surface area contributed by atoms with Crippen LogP contribution in [0.5, 0.6) is 0 Å². The average molecular weight is 202 g/mol. The highest BCUT2D eigenvalue weighted by molar-refractivity contribution is 5.67. The molecular weight excluding hydrogens is 180 g/mol. The molecule has 1 aromatic carbocycles. The third-order valence-electron chi connectivity index (χ3n) is 2.82. The molecule has 0 saturated carbocycles. The van der Waals surface area contributed by atoms with Crippen LogP contribution in [-0.2, 0) is 0 Å². The zero-order valence-electron chi connectivity index (χ0n) is 10.2. The van der Waals surface area contributed by atoms with E-state index in [0.29, 0.717) is 0 Å². The predicted molar refractivity (Wildman–Crippen MR) is 69.0 cm³/mol. The van der Waals surface area contributed by atoms with E-state index >= 15 is 0 Å². The molecule has 0 amide bonds. The smallest absolute Gasteiger partial charge is 0.0199 e. The summed E-state index contributed by atoms with van der Waals surface area (Å²) in [6.45, 7) is 6.68. The molecule has 1 rings (SSSR count). The van der Waals surface area contributed by atoms with Crippen molar-refractivity contribution in [2.45, 2.75) is 46.5 Å². The first-order valence-electron chi connectivity index (χ1n) is 6.04. The first-order valence-corrected chi connectivity index (χ1v) is 6.04. The third kappa shape index (κ3) is 3.54. The maximum absolute atomic E-state index is 2.41. The van der Waals surface area contributed by atoms with E-state index in [1.54, 1.807) is 0 Å². The lowest BCUT2D eigenvalue weighted by Gasteiger charge is -2.08. The van der Waals surface area contributed by atoms with E-state index in [0.717, 1.165) is 6.42 Å². The summed E-state index contributed by atoms with van der Waals surface area (Å²) in [5.41, 5.74) is 4.32. The van der Waals surface area contributed by atoms with Crippen molar-refractivity contribution in [3.05, 3.63) is 41.5 Å². The fourth-order valence-electron chi connectivity index (χ4n) is 1.86. The quantitative estimate of drug-likeness (QED) is 0.591. The minimum absolute atomic E-state index is 1.13. The van der Waals surface area contributed by atoms with Gasteiger partial charge in [-0.2, -0.15) is 0 Å². The molecule has 0 nitrogen and oxygen atoms in total. The maximum atomic E-state index is 2.41. The van der Waals surface area contributed by atoms with Gasteiger partial charge in [0.15, 0.2) is 0 Å². The molecule has 82 valence electrons. The lowest BCUT2D eigenvalue weighted by atomic mass is 9.97. The Kier molecular flexibility index (Phi) is 5.17. The van der Waals surface area contributed by atoms with Crippen LogP contribution in [0.25, 0.3) is 5.57 Å². The zero-order chi connectivity index (χ0) is 11.1. The van der Waals surface area contributed by atoms with Crippen LogP contribution in [0.1, 0.15) is 50.7 Å². The number of hydrogen-bond acceptors (Lipinski definition) is 0. The van der Waals surface area contributed by atoms with Gasteiger partial charge in [-0.05, 0) is 36.5 Å². The molecule has 0 heterocycles. The van der Waals surface area contributed by atoms with E-state index in [-0.39, 0.29) is 0 Å². The van der Waals surface area contributed by atoms with Crippen molar-refractivity contribution in [2.24, 2.45) is 0 Å².